The number of rotatable bonds is 9. The van der Waals surface area contributed by atoms with Crippen molar-refractivity contribution in [3.05, 3.63) is 11.8 Å². The van der Waals surface area contributed by atoms with E-state index in [-0.39, 0.29) is 0 Å². The van der Waals surface area contributed by atoms with Gasteiger partial charge < -0.3 is 14.8 Å². The summed E-state index contributed by atoms with van der Waals surface area (Å²) < 4.78 is 10.6. The van der Waals surface area contributed by atoms with Crippen LogP contribution < -0.4 is 10.1 Å². The third-order valence-electron chi connectivity index (χ3n) is 2.09. The van der Waals surface area contributed by atoms with Crippen LogP contribution >= 0.6 is 11.6 Å². The predicted octanol–water partition coefficient (Wildman–Crippen LogP) is 2.24. The van der Waals surface area contributed by atoms with E-state index < -0.39 is 0 Å². The Labute approximate surface area is 113 Å². The Morgan fingerprint density at radius 3 is 2.89 bits per heavy atom. The van der Waals surface area contributed by atoms with Crippen molar-refractivity contribution >= 4 is 17.5 Å². The molecule has 0 aliphatic heterocycles. The summed E-state index contributed by atoms with van der Waals surface area (Å²) in [5.74, 6) is 1.73. The van der Waals surface area contributed by atoms with Crippen LogP contribution in [0.15, 0.2) is 6.07 Å². The Morgan fingerprint density at radius 2 is 2.17 bits per heavy atom. The van der Waals surface area contributed by atoms with Gasteiger partial charge in [-0.05, 0) is 20.3 Å². The molecule has 0 saturated carbocycles. The monoisotopic (exact) mass is 273 g/mol. The summed E-state index contributed by atoms with van der Waals surface area (Å²) in [5.41, 5.74) is 0.884. The Bertz CT molecular complexity index is 350. The van der Waals surface area contributed by atoms with Crippen LogP contribution in [0.25, 0.3) is 0 Å². The summed E-state index contributed by atoms with van der Waals surface area (Å²) in [5, 5.41) is 3.15. The van der Waals surface area contributed by atoms with Crippen molar-refractivity contribution in [2.75, 3.05) is 37.6 Å². The third kappa shape index (κ3) is 6.02. The second-order valence-corrected chi connectivity index (χ2v) is 4.06. The number of nitrogens with one attached hydrogen (secondary N) is 1. The smallest absolute Gasteiger partial charge is 0.226 e. The van der Waals surface area contributed by atoms with Crippen molar-refractivity contribution in [3.8, 4) is 5.88 Å². The quantitative estimate of drug-likeness (QED) is 0.552. The second kappa shape index (κ2) is 8.94. The normalized spacial score (nSPS) is 10.4. The molecule has 6 heteroatoms. The average molecular weight is 274 g/mol. The fourth-order valence-electron chi connectivity index (χ4n) is 1.37. The fourth-order valence-corrected chi connectivity index (χ4v) is 1.48. The van der Waals surface area contributed by atoms with Gasteiger partial charge in [-0.25, -0.2) is 4.98 Å². The Balaban J connectivity index is 2.32. The standard InChI is InChI=1S/C12H20ClN3O2/c1-3-18-11-9-10(2)15-12(16-11)14-6-4-7-17-8-5-13/h9H,3-8H2,1-2H3,(H,14,15,16). The van der Waals surface area contributed by atoms with Gasteiger partial charge in [0.15, 0.2) is 0 Å². The van der Waals surface area contributed by atoms with Crippen LogP contribution in [-0.4, -0.2) is 42.2 Å². The van der Waals surface area contributed by atoms with Crippen LogP contribution in [0, 0.1) is 6.92 Å². The lowest BCUT2D eigenvalue weighted by molar-refractivity contribution is 0.149. The van der Waals surface area contributed by atoms with E-state index in [0.717, 1.165) is 18.7 Å². The van der Waals surface area contributed by atoms with Crippen molar-refractivity contribution in [2.45, 2.75) is 20.3 Å². The molecule has 1 N–H and O–H groups in total. The number of aryl methyl sites for hydroxylation is 1. The van der Waals surface area contributed by atoms with Crippen molar-refractivity contribution in [3.63, 3.8) is 0 Å². The first-order chi connectivity index (χ1) is 8.76. The largest absolute Gasteiger partial charge is 0.478 e. The zero-order valence-corrected chi connectivity index (χ0v) is 11.7. The van der Waals surface area contributed by atoms with E-state index in [2.05, 4.69) is 15.3 Å². The van der Waals surface area contributed by atoms with Gasteiger partial charge in [0.05, 0.1) is 13.2 Å². The van der Waals surface area contributed by atoms with Gasteiger partial charge in [-0.3, -0.25) is 0 Å². The molecule has 0 radical (unpaired) electrons. The maximum atomic E-state index is 5.50. The number of hydrogen-bond donors (Lipinski definition) is 1. The van der Waals surface area contributed by atoms with E-state index in [1.54, 1.807) is 0 Å². The zero-order chi connectivity index (χ0) is 13.2. The maximum absolute atomic E-state index is 5.50. The Morgan fingerprint density at radius 1 is 1.33 bits per heavy atom. The summed E-state index contributed by atoms with van der Waals surface area (Å²) in [6.07, 6.45) is 0.887. The van der Waals surface area contributed by atoms with E-state index in [1.165, 1.54) is 0 Å². The van der Waals surface area contributed by atoms with E-state index in [9.17, 15) is 0 Å². The number of anilines is 1. The second-order valence-electron chi connectivity index (χ2n) is 3.69. The molecule has 1 aromatic heterocycles. The molecule has 0 aliphatic rings. The van der Waals surface area contributed by atoms with Gasteiger partial charge in [-0.15, -0.1) is 11.6 Å². The molecule has 0 atom stereocenters. The first kappa shape index (κ1) is 15.0. The van der Waals surface area contributed by atoms with Crippen molar-refractivity contribution in [1.29, 1.82) is 0 Å². The number of ether oxygens (including phenoxy) is 2. The number of alkyl halides is 1. The molecule has 0 aliphatic carbocycles. The summed E-state index contributed by atoms with van der Waals surface area (Å²) in [6, 6.07) is 1.82. The molecule has 0 unspecified atom stereocenters. The molecule has 0 saturated heterocycles. The van der Waals surface area contributed by atoms with E-state index >= 15 is 0 Å². The summed E-state index contributed by atoms with van der Waals surface area (Å²) in [6.45, 7) is 6.48. The van der Waals surface area contributed by atoms with E-state index in [0.29, 0.717) is 37.5 Å². The number of hydrogen-bond acceptors (Lipinski definition) is 5. The molecular weight excluding hydrogens is 254 g/mol. The highest BCUT2D eigenvalue weighted by Gasteiger charge is 2.02. The highest BCUT2D eigenvalue weighted by molar-refractivity contribution is 6.17. The predicted molar refractivity (Wildman–Crippen MR) is 72.6 cm³/mol. The molecule has 1 aromatic rings. The lowest BCUT2D eigenvalue weighted by atomic mass is 10.4. The molecule has 0 fully saturated rings. The van der Waals surface area contributed by atoms with Gasteiger partial charge in [-0.2, -0.15) is 4.98 Å². The Hall–Kier alpha value is -1.07. The molecule has 102 valence electrons. The van der Waals surface area contributed by atoms with Crippen molar-refractivity contribution in [2.24, 2.45) is 0 Å². The van der Waals surface area contributed by atoms with Crippen LogP contribution in [-0.2, 0) is 4.74 Å². The van der Waals surface area contributed by atoms with Crippen molar-refractivity contribution < 1.29 is 9.47 Å². The molecule has 0 aromatic carbocycles. The van der Waals surface area contributed by atoms with Crippen LogP contribution in [0.3, 0.4) is 0 Å². The van der Waals surface area contributed by atoms with Gasteiger partial charge in [0.1, 0.15) is 0 Å². The van der Waals surface area contributed by atoms with Crippen LogP contribution in [0.4, 0.5) is 5.95 Å². The van der Waals surface area contributed by atoms with Crippen LogP contribution in [0.1, 0.15) is 19.0 Å². The molecule has 18 heavy (non-hydrogen) atoms. The minimum atomic E-state index is 0.534. The molecule has 1 heterocycles. The molecule has 1 rings (SSSR count). The topological polar surface area (TPSA) is 56.3 Å². The molecular formula is C12H20ClN3O2. The number of halogens is 1. The first-order valence-corrected chi connectivity index (χ1v) is 6.65. The first-order valence-electron chi connectivity index (χ1n) is 6.12. The van der Waals surface area contributed by atoms with Gasteiger partial charge in [0, 0.05) is 30.8 Å². The maximum Gasteiger partial charge on any atom is 0.226 e. The van der Waals surface area contributed by atoms with Crippen LogP contribution in [0.5, 0.6) is 5.88 Å². The lowest BCUT2D eigenvalue weighted by Gasteiger charge is -2.08. The van der Waals surface area contributed by atoms with Gasteiger partial charge in [0.2, 0.25) is 11.8 Å². The summed E-state index contributed by atoms with van der Waals surface area (Å²) in [7, 11) is 0. The van der Waals surface area contributed by atoms with Gasteiger partial charge in [0.25, 0.3) is 0 Å². The molecule has 5 nitrogen and oxygen atoms in total. The molecule has 0 bridgehead atoms. The minimum absolute atomic E-state index is 0.534. The third-order valence-corrected chi connectivity index (χ3v) is 2.25. The lowest BCUT2D eigenvalue weighted by Crippen LogP contribution is -2.10. The number of nitrogens with zero attached hydrogens (tertiary/aromatic N) is 2. The minimum Gasteiger partial charge on any atom is -0.478 e. The molecule has 0 amide bonds. The fraction of sp³-hybridized carbons (Fsp3) is 0.667. The summed E-state index contributed by atoms with van der Waals surface area (Å²) >= 11 is 5.50. The van der Waals surface area contributed by atoms with E-state index in [1.807, 2.05) is 19.9 Å². The zero-order valence-electron chi connectivity index (χ0n) is 10.9. The van der Waals surface area contributed by atoms with Gasteiger partial charge in [-0.1, -0.05) is 0 Å². The summed E-state index contributed by atoms with van der Waals surface area (Å²) in [4.78, 5) is 8.54. The SMILES string of the molecule is CCOc1cc(C)nc(NCCCOCCCl)n1. The molecule has 0 spiro atoms. The van der Waals surface area contributed by atoms with Crippen LogP contribution in [0.2, 0.25) is 0 Å². The van der Waals surface area contributed by atoms with Gasteiger partial charge >= 0.3 is 0 Å². The average Bonchev–Trinajstić information content (AvgIpc) is 2.33. The highest BCUT2D eigenvalue weighted by atomic mass is 35.5. The number of aromatic nitrogens is 2. The van der Waals surface area contributed by atoms with Crippen molar-refractivity contribution in [1.82, 2.24) is 9.97 Å². The highest BCUT2D eigenvalue weighted by Crippen LogP contribution is 2.11. The van der Waals surface area contributed by atoms with E-state index in [4.69, 9.17) is 21.1 Å². The Kier molecular flexibility index (Phi) is 7.44.